The molecule has 0 unspecified atom stereocenters. The molecular weight excluding hydrogens is 338 g/mol. The molecule has 148 valence electrons. The van der Waals surface area contributed by atoms with E-state index in [1.165, 1.54) is 7.11 Å². The predicted octanol–water partition coefficient (Wildman–Crippen LogP) is 1.98. The first-order chi connectivity index (χ1) is 12.2. The smallest absolute Gasteiger partial charge is 0.409 e. The standard InChI is InChI=1S/C18H31N3O5/c1-18(2,3)26-16(23)19-14-7-5-13(6-8-14)15(22)20-9-11-21(12-10-20)17(24)25-4/h13-14H,5-12H2,1-4H3,(H,19,23). The maximum absolute atomic E-state index is 12.7. The van der Waals surface area contributed by atoms with Crippen molar-refractivity contribution < 1.29 is 23.9 Å². The van der Waals surface area contributed by atoms with Crippen LogP contribution in [0.3, 0.4) is 0 Å². The van der Waals surface area contributed by atoms with Crippen molar-refractivity contribution in [3.05, 3.63) is 0 Å². The van der Waals surface area contributed by atoms with Crippen LogP contribution in [0.4, 0.5) is 9.59 Å². The van der Waals surface area contributed by atoms with Crippen LogP contribution in [-0.2, 0) is 14.3 Å². The van der Waals surface area contributed by atoms with Crippen LogP contribution in [0.2, 0.25) is 0 Å². The molecule has 1 aliphatic carbocycles. The lowest BCUT2D eigenvalue weighted by Crippen LogP contribution is -2.52. The van der Waals surface area contributed by atoms with Gasteiger partial charge in [-0.05, 0) is 46.5 Å². The van der Waals surface area contributed by atoms with E-state index in [0.29, 0.717) is 26.2 Å². The fourth-order valence-corrected chi connectivity index (χ4v) is 3.46. The van der Waals surface area contributed by atoms with Gasteiger partial charge in [-0.1, -0.05) is 0 Å². The molecule has 0 aromatic carbocycles. The molecule has 1 saturated heterocycles. The maximum Gasteiger partial charge on any atom is 0.409 e. The van der Waals surface area contributed by atoms with Gasteiger partial charge in [0, 0.05) is 38.1 Å². The number of carbonyl (C=O) groups is 3. The molecule has 0 aromatic rings. The first-order valence-corrected chi connectivity index (χ1v) is 9.31. The zero-order valence-corrected chi connectivity index (χ0v) is 16.2. The Bertz CT molecular complexity index is 515. The Morgan fingerprint density at radius 1 is 0.923 bits per heavy atom. The van der Waals surface area contributed by atoms with Crippen molar-refractivity contribution in [3.8, 4) is 0 Å². The summed E-state index contributed by atoms with van der Waals surface area (Å²) in [5.41, 5.74) is -0.510. The molecule has 2 rings (SSSR count). The van der Waals surface area contributed by atoms with Crippen molar-refractivity contribution >= 4 is 18.1 Å². The van der Waals surface area contributed by atoms with Gasteiger partial charge >= 0.3 is 12.2 Å². The van der Waals surface area contributed by atoms with Crippen LogP contribution < -0.4 is 5.32 Å². The minimum Gasteiger partial charge on any atom is -0.453 e. The SMILES string of the molecule is COC(=O)N1CCN(C(=O)C2CCC(NC(=O)OC(C)(C)C)CC2)CC1. The molecule has 1 aliphatic heterocycles. The maximum atomic E-state index is 12.7. The summed E-state index contributed by atoms with van der Waals surface area (Å²) >= 11 is 0. The highest BCUT2D eigenvalue weighted by Crippen LogP contribution is 2.27. The third-order valence-corrected chi connectivity index (χ3v) is 4.82. The first kappa shape index (κ1) is 20.3. The predicted molar refractivity (Wildman–Crippen MR) is 95.7 cm³/mol. The number of nitrogens with one attached hydrogen (secondary N) is 1. The third-order valence-electron chi connectivity index (χ3n) is 4.82. The normalized spacial score (nSPS) is 24.0. The van der Waals surface area contributed by atoms with Crippen molar-refractivity contribution in [2.75, 3.05) is 33.3 Å². The lowest BCUT2D eigenvalue weighted by atomic mass is 9.85. The van der Waals surface area contributed by atoms with Crippen LogP contribution in [-0.4, -0.2) is 72.8 Å². The summed E-state index contributed by atoms with van der Waals surface area (Å²) in [6.45, 7) is 7.61. The van der Waals surface area contributed by atoms with Gasteiger partial charge in [-0.2, -0.15) is 0 Å². The number of ether oxygens (including phenoxy) is 2. The van der Waals surface area contributed by atoms with Crippen molar-refractivity contribution in [2.24, 2.45) is 5.92 Å². The molecule has 1 saturated carbocycles. The minimum atomic E-state index is -0.510. The van der Waals surface area contributed by atoms with Crippen molar-refractivity contribution in [1.29, 1.82) is 0 Å². The summed E-state index contributed by atoms with van der Waals surface area (Å²) in [5, 5.41) is 2.90. The number of nitrogens with zero attached hydrogens (tertiary/aromatic N) is 2. The van der Waals surface area contributed by atoms with Crippen LogP contribution in [0.25, 0.3) is 0 Å². The van der Waals surface area contributed by atoms with Crippen molar-refractivity contribution in [3.63, 3.8) is 0 Å². The fraction of sp³-hybridized carbons (Fsp3) is 0.833. The topological polar surface area (TPSA) is 88.2 Å². The van der Waals surface area contributed by atoms with E-state index in [1.54, 1.807) is 4.90 Å². The average Bonchev–Trinajstić information content (AvgIpc) is 2.59. The Morgan fingerprint density at radius 2 is 1.46 bits per heavy atom. The van der Waals surface area contributed by atoms with Gasteiger partial charge < -0.3 is 24.6 Å². The molecule has 0 aromatic heterocycles. The Morgan fingerprint density at radius 3 is 1.96 bits per heavy atom. The van der Waals surface area contributed by atoms with Gasteiger partial charge in [-0.3, -0.25) is 4.79 Å². The molecular formula is C18H31N3O5. The Hall–Kier alpha value is -1.99. The molecule has 1 N–H and O–H groups in total. The summed E-state index contributed by atoms with van der Waals surface area (Å²) < 4.78 is 10.00. The van der Waals surface area contributed by atoms with Crippen molar-refractivity contribution in [1.82, 2.24) is 15.1 Å². The second-order valence-electron chi connectivity index (χ2n) is 7.98. The molecule has 0 spiro atoms. The van der Waals surface area contributed by atoms with Crippen LogP contribution in [0.1, 0.15) is 46.5 Å². The highest BCUT2D eigenvalue weighted by molar-refractivity contribution is 5.79. The Labute approximate surface area is 155 Å². The number of amides is 3. The second kappa shape index (κ2) is 8.60. The van der Waals surface area contributed by atoms with Crippen LogP contribution >= 0.6 is 0 Å². The molecule has 0 atom stereocenters. The highest BCUT2D eigenvalue weighted by Gasteiger charge is 2.32. The summed E-state index contributed by atoms with van der Waals surface area (Å²) in [6.07, 6.45) is 2.33. The van der Waals surface area contributed by atoms with Crippen LogP contribution in [0.15, 0.2) is 0 Å². The quantitative estimate of drug-likeness (QED) is 0.804. The molecule has 26 heavy (non-hydrogen) atoms. The van der Waals surface area contributed by atoms with Gasteiger partial charge in [0.1, 0.15) is 5.60 Å². The molecule has 2 fully saturated rings. The Kier molecular flexibility index (Phi) is 6.72. The highest BCUT2D eigenvalue weighted by atomic mass is 16.6. The molecule has 0 radical (unpaired) electrons. The number of rotatable bonds is 2. The third kappa shape index (κ3) is 5.78. The zero-order chi connectivity index (χ0) is 19.3. The molecule has 8 heteroatoms. The number of hydrogen-bond acceptors (Lipinski definition) is 5. The van der Waals surface area contributed by atoms with E-state index in [-0.39, 0.29) is 24.0 Å². The average molecular weight is 369 g/mol. The molecule has 2 aliphatic rings. The van der Waals surface area contributed by atoms with Crippen LogP contribution in [0, 0.1) is 5.92 Å². The minimum absolute atomic E-state index is 0.00337. The summed E-state index contributed by atoms with van der Waals surface area (Å²) in [5.74, 6) is 0.154. The van der Waals surface area contributed by atoms with Gasteiger partial charge in [-0.15, -0.1) is 0 Å². The van der Waals surface area contributed by atoms with Gasteiger partial charge in [0.15, 0.2) is 0 Å². The first-order valence-electron chi connectivity index (χ1n) is 9.31. The van der Waals surface area contributed by atoms with Crippen molar-refractivity contribution in [2.45, 2.75) is 58.1 Å². The number of piperazine rings is 1. The number of alkyl carbamates (subject to hydrolysis) is 1. The second-order valence-corrected chi connectivity index (χ2v) is 7.98. The summed E-state index contributed by atoms with van der Waals surface area (Å²) in [4.78, 5) is 39.5. The monoisotopic (exact) mass is 369 g/mol. The van der Waals surface area contributed by atoms with Crippen LogP contribution in [0.5, 0.6) is 0 Å². The van der Waals surface area contributed by atoms with Gasteiger partial charge in [-0.25, -0.2) is 9.59 Å². The Balaban J connectivity index is 1.73. The summed E-state index contributed by atoms with van der Waals surface area (Å²) in [7, 11) is 1.36. The number of carbonyl (C=O) groups excluding carboxylic acids is 3. The lowest BCUT2D eigenvalue weighted by Gasteiger charge is -2.37. The number of methoxy groups -OCH3 is 1. The van der Waals surface area contributed by atoms with E-state index in [2.05, 4.69) is 5.32 Å². The van der Waals surface area contributed by atoms with E-state index in [9.17, 15) is 14.4 Å². The largest absolute Gasteiger partial charge is 0.453 e. The van der Waals surface area contributed by atoms with Gasteiger partial charge in [0.2, 0.25) is 5.91 Å². The number of hydrogen-bond donors (Lipinski definition) is 1. The molecule has 3 amide bonds. The lowest BCUT2D eigenvalue weighted by molar-refractivity contribution is -0.138. The van der Waals surface area contributed by atoms with E-state index in [4.69, 9.17) is 9.47 Å². The van der Waals surface area contributed by atoms with E-state index in [0.717, 1.165) is 25.7 Å². The molecule has 1 heterocycles. The fourth-order valence-electron chi connectivity index (χ4n) is 3.46. The van der Waals surface area contributed by atoms with Gasteiger partial charge in [0.25, 0.3) is 0 Å². The summed E-state index contributed by atoms with van der Waals surface area (Å²) in [6, 6.07) is 0.0603. The molecule has 8 nitrogen and oxygen atoms in total. The van der Waals surface area contributed by atoms with E-state index >= 15 is 0 Å². The zero-order valence-electron chi connectivity index (χ0n) is 16.2. The van der Waals surface area contributed by atoms with E-state index < -0.39 is 11.7 Å². The van der Waals surface area contributed by atoms with E-state index in [1.807, 2.05) is 25.7 Å². The van der Waals surface area contributed by atoms with Gasteiger partial charge in [0.05, 0.1) is 7.11 Å². The molecule has 0 bridgehead atoms.